The molecule has 0 saturated carbocycles. The van der Waals surface area contributed by atoms with Crippen LogP contribution in [0.3, 0.4) is 0 Å². The van der Waals surface area contributed by atoms with E-state index in [-0.39, 0.29) is 13.0 Å². The van der Waals surface area contributed by atoms with Crippen molar-refractivity contribution in [3.63, 3.8) is 0 Å². The number of hydrogen-bond acceptors (Lipinski definition) is 4. The van der Waals surface area contributed by atoms with Crippen LogP contribution < -0.4 is 10.1 Å². The van der Waals surface area contributed by atoms with Gasteiger partial charge in [-0.3, -0.25) is 9.59 Å². The van der Waals surface area contributed by atoms with Crippen molar-refractivity contribution in [2.75, 3.05) is 6.61 Å². The van der Waals surface area contributed by atoms with Crippen molar-refractivity contribution in [3.05, 3.63) is 29.8 Å². The first-order valence-corrected chi connectivity index (χ1v) is 6.88. The first-order chi connectivity index (χ1) is 10.4. The molecule has 0 aliphatic rings. The highest BCUT2D eigenvalue weighted by atomic mass is 16.5. The summed E-state index contributed by atoms with van der Waals surface area (Å²) in [6, 6.07) is 5.99. The Balaban J connectivity index is 2.38. The van der Waals surface area contributed by atoms with Crippen LogP contribution in [0, 0.1) is 0 Å². The number of benzene rings is 1. The minimum absolute atomic E-state index is 0.0566. The maximum absolute atomic E-state index is 11.6. The van der Waals surface area contributed by atoms with Crippen molar-refractivity contribution < 1.29 is 29.3 Å². The summed E-state index contributed by atoms with van der Waals surface area (Å²) in [5.74, 6) is -2.63. The van der Waals surface area contributed by atoms with Gasteiger partial charge >= 0.3 is 11.9 Å². The Morgan fingerprint density at radius 3 is 2.32 bits per heavy atom. The molecule has 3 N–H and O–H groups in total. The molecule has 0 fully saturated rings. The van der Waals surface area contributed by atoms with Crippen molar-refractivity contribution in [1.29, 1.82) is 0 Å². The molecule has 1 unspecified atom stereocenters. The van der Waals surface area contributed by atoms with Gasteiger partial charge < -0.3 is 20.3 Å². The van der Waals surface area contributed by atoms with E-state index < -0.39 is 30.3 Å². The number of rotatable bonds is 9. The lowest BCUT2D eigenvalue weighted by Gasteiger charge is -2.12. The standard InChI is InChI=1S/C15H19NO6/c1-2-10-3-5-11(6-4-10)22-8-7-13(17)16-12(15(20)21)9-14(18)19/h3-6,12H,2,7-9H2,1H3,(H,16,17)(H,18,19)(H,20,21). The second kappa shape index (κ2) is 8.66. The number of carbonyl (C=O) groups excluding carboxylic acids is 1. The average Bonchev–Trinajstić information content (AvgIpc) is 2.46. The molecule has 22 heavy (non-hydrogen) atoms. The molecule has 0 aromatic heterocycles. The summed E-state index contributed by atoms with van der Waals surface area (Å²) >= 11 is 0. The van der Waals surface area contributed by atoms with E-state index >= 15 is 0 Å². The Kier molecular flexibility index (Phi) is 6.88. The third kappa shape index (κ3) is 6.25. The van der Waals surface area contributed by atoms with E-state index in [9.17, 15) is 14.4 Å². The Hall–Kier alpha value is -2.57. The Morgan fingerprint density at radius 2 is 1.82 bits per heavy atom. The van der Waals surface area contributed by atoms with Crippen molar-refractivity contribution in [2.24, 2.45) is 0 Å². The van der Waals surface area contributed by atoms with Gasteiger partial charge in [-0.05, 0) is 24.1 Å². The van der Waals surface area contributed by atoms with E-state index in [1.165, 1.54) is 5.56 Å². The maximum atomic E-state index is 11.6. The van der Waals surface area contributed by atoms with Gasteiger partial charge in [0.1, 0.15) is 11.8 Å². The van der Waals surface area contributed by atoms with Crippen LogP contribution in [0.5, 0.6) is 5.75 Å². The normalized spacial score (nSPS) is 11.5. The zero-order valence-electron chi connectivity index (χ0n) is 12.2. The second-order valence-electron chi connectivity index (χ2n) is 4.65. The first-order valence-electron chi connectivity index (χ1n) is 6.88. The molecule has 120 valence electrons. The van der Waals surface area contributed by atoms with Crippen molar-refractivity contribution in [2.45, 2.75) is 32.2 Å². The van der Waals surface area contributed by atoms with Gasteiger partial charge in [-0.2, -0.15) is 0 Å². The summed E-state index contributed by atoms with van der Waals surface area (Å²) in [5.41, 5.74) is 1.17. The number of aliphatic carboxylic acids is 2. The van der Waals surface area contributed by atoms with Gasteiger partial charge in [0, 0.05) is 0 Å². The van der Waals surface area contributed by atoms with E-state index in [1.807, 2.05) is 19.1 Å². The third-order valence-corrected chi connectivity index (χ3v) is 2.94. The first kappa shape index (κ1) is 17.5. The minimum Gasteiger partial charge on any atom is -0.493 e. The molecule has 0 radical (unpaired) electrons. The van der Waals surface area contributed by atoms with Gasteiger partial charge in [0.05, 0.1) is 19.4 Å². The van der Waals surface area contributed by atoms with E-state index in [0.717, 1.165) is 6.42 Å². The van der Waals surface area contributed by atoms with Gasteiger partial charge in [-0.15, -0.1) is 0 Å². The highest BCUT2D eigenvalue weighted by Gasteiger charge is 2.22. The quantitative estimate of drug-likeness (QED) is 0.628. The molecule has 0 saturated heterocycles. The minimum atomic E-state index is -1.44. The van der Waals surface area contributed by atoms with Crippen LogP contribution in [0.1, 0.15) is 25.3 Å². The van der Waals surface area contributed by atoms with Crippen LogP contribution in [-0.4, -0.2) is 40.7 Å². The smallest absolute Gasteiger partial charge is 0.326 e. The van der Waals surface area contributed by atoms with Crippen LogP contribution in [0.4, 0.5) is 0 Å². The Morgan fingerprint density at radius 1 is 1.18 bits per heavy atom. The zero-order valence-corrected chi connectivity index (χ0v) is 12.2. The zero-order chi connectivity index (χ0) is 16.5. The second-order valence-corrected chi connectivity index (χ2v) is 4.65. The van der Waals surface area contributed by atoms with Gasteiger partial charge in [0.25, 0.3) is 0 Å². The van der Waals surface area contributed by atoms with Crippen LogP contribution >= 0.6 is 0 Å². The van der Waals surface area contributed by atoms with Gasteiger partial charge in [-0.1, -0.05) is 19.1 Å². The number of hydrogen-bond donors (Lipinski definition) is 3. The number of aryl methyl sites for hydroxylation is 1. The van der Waals surface area contributed by atoms with Crippen LogP contribution in [-0.2, 0) is 20.8 Å². The summed E-state index contributed by atoms with van der Waals surface area (Å²) in [7, 11) is 0. The molecule has 0 aliphatic heterocycles. The van der Waals surface area contributed by atoms with E-state index in [0.29, 0.717) is 5.75 Å². The Labute approximate surface area is 127 Å². The maximum Gasteiger partial charge on any atom is 0.326 e. The molecule has 0 aliphatic carbocycles. The molecule has 1 rings (SSSR count). The molecule has 1 atom stereocenters. The summed E-state index contributed by atoms with van der Waals surface area (Å²) in [6.07, 6.45) is 0.197. The van der Waals surface area contributed by atoms with Crippen LogP contribution in [0.25, 0.3) is 0 Å². The van der Waals surface area contributed by atoms with Gasteiger partial charge in [0.2, 0.25) is 5.91 Å². The predicted molar refractivity (Wildman–Crippen MR) is 77.8 cm³/mol. The van der Waals surface area contributed by atoms with Gasteiger partial charge in [-0.25, -0.2) is 4.79 Å². The fourth-order valence-electron chi connectivity index (χ4n) is 1.72. The number of carboxylic acid groups (broad SMARTS) is 2. The molecule has 0 bridgehead atoms. The number of ether oxygens (including phenoxy) is 1. The van der Waals surface area contributed by atoms with Crippen molar-refractivity contribution >= 4 is 17.8 Å². The molecule has 7 nitrogen and oxygen atoms in total. The molecule has 0 heterocycles. The van der Waals surface area contributed by atoms with E-state index in [1.54, 1.807) is 12.1 Å². The summed E-state index contributed by atoms with van der Waals surface area (Å²) < 4.78 is 5.37. The SMILES string of the molecule is CCc1ccc(OCCC(=O)NC(CC(=O)O)C(=O)O)cc1. The van der Waals surface area contributed by atoms with Gasteiger partial charge in [0.15, 0.2) is 0 Å². The number of carboxylic acids is 2. The molecular weight excluding hydrogens is 290 g/mol. The third-order valence-electron chi connectivity index (χ3n) is 2.94. The monoisotopic (exact) mass is 309 g/mol. The summed E-state index contributed by atoms with van der Waals surface area (Å²) in [6.45, 7) is 2.12. The average molecular weight is 309 g/mol. The largest absolute Gasteiger partial charge is 0.493 e. The molecular formula is C15H19NO6. The highest BCUT2D eigenvalue weighted by molar-refractivity contribution is 5.86. The number of nitrogens with one attached hydrogen (secondary N) is 1. The van der Waals surface area contributed by atoms with E-state index in [2.05, 4.69) is 5.32 Å². The fraction of sp³-hybridized carbons (Fsp3) is 0.400. The molecule has 1 aromatic rings. The lowest BCUT2D eigenvalue weighted by atomic mass is 10.2. The van der Waals surface area contributed by atoms with Crippen LogP contribution in [0.15, 0.2) is 24.3 Å². The van der Waals surface area contributed by atoms with E-state index in [4.69, 9.17) is 14.9 Å². The fourth-order valence-corrected chi connectivity index (χ4v) is 1.72. The molecule has 0 spiro atoms. The molecule has 1 amide bonds. The number of amides is 1. The molecule has 1 aromatic carbocycles. The van der Waals surface area contributed by atoms with Crippen molar-refractivity contribution in [1.82, 2.24) is 5.32 Å². The topological polar surface area (TPSA) is 113 Å². The highest BCUT2D eigenvalue weighted by Crippen LogP contribution is 2.12. The lowest BCUT2D eigenvalue weighted by molar-refractivity contribution is -0.147. The van der Waals surface area contributed by atoms with Crippen molar-refractivity contribution in [3.8, 4) is 5.75 Å². The molecule has 7 heteroatoms. The number of carbonyl (C=O) groups is 3. The predicted octanol–water partition coefficient (Wildman–Crippen LogP) is 1.06. The summed E-state index contributed by atoms with van der Waals surface area (Å²) in [5, 5.41) is 19.5. The summed E-state index contributed by atoms with van der Waals surface area (Å²) in [4.78, 5) is 32.9. The lowest BCUT2D eigenvalue weighted by Crippen LogP contribution is -2.42. The Bertz CT molecular complexity index is 525. The van der Waals surface area contributed by atoms with Crippen LogP contribution in [0.2, 0.25) is 0 Å².